The summed E-state index contributed by atoms with van der Waals surface area (Å²) < 4.78 is 4.93. The molecule has 1 amide bonds. The van der Waals surface area contributed by atoms with Crippen LogP contribution in [0.1, 0.15) is 32.4 Å². The van der Waals surface area contributed by atoms with E-state index in [0.717, 1.165) is 6.07 Å². The average Bonchev–Trinajstić information content (AvgIpc) is 2.42. The number of hydrogen-bond donors (Lipinski definition) is 3. The van der Waals surface area contributed by atoms with E-state index in [2.05, 4.69) is 0 Å². The lowest BCUT2D eigenvalue weighted by Gasteiger charge is -2.24. The van der Waals surface area contributed by atoms with Gasteiger partial charge in [0.15, 0.2) is 6.04 Å². The van der Waals surface area contributed by atoms with Crippen LogP contribution < -0.4 is 5.32 Å². The number of nitrogens with one attached hydrogen (secondary N) is 1. The fourth-order valence-corrected chi connectivity index (χ4v) is 1.73. The number of carboxylic acids is 1. The van der Waals surface area contributed by atoms with Crippen molar-refractivity contribution in [3.05, 3.63) is 39.9 Å². The highest BCUT2D eigenvalue weighted by Gasteiger charge is 2.32. The van der Waals surface area contributed by atoms with Crippen LogP contribution in [0.3, 0.4) is 0 Å². The van der Waals surface area contributed by atoms with Gasteiger partial charge in [0.2, 0.25) is 0 Å². The van der Waals surface area contributed by atoms with Crippen LogP contribution in [0, 0.1) is 10.1 Å². The summed E-state index contributed by atoms with van der Waals surface area (Å²) in [5.74, 6) is -1.50. The first-order valence-corrected chi connectivity index (χ1v) is 6.66. The van der Waals surface area contributed by atoms with Gasteiger partial charge >= 0.3 is 12.1 Å². The van der Waals surface area contributed by atoms with Crippen LogP contribution in [0.2, 0.25) is 0 Å². The Morgan fingerprint density at radius 1 is 1.35 bits per heavy atom. The predicted molar refractivity (Wildman–Crippen MR) is 78.8 cm³/mol. The van der Waals surface area contributed by atoms with Crippen molar-refractivity contribution < 1.29 is 29.5 Å². The fourth-order valence-electron chi connectivity index (χ4n) is 1.73. The fraction of sp³-hybridized carbons (Fsp3) is 0.429. The topological polar surface area (TPSA) is 139 Å². The van der Waals surface area contributed by atoms with Crippen LogP contribution in [0.5, 0.6) is 0 Å². The molecule has 126 valence electrons. The number of carbonyl (C=O) groups is 2. The molecule has 1 aromatic rings. The Kier molecular flexibility index (Phi) is 5.63. The molecule has 2 unspecified atom stereocenters. The van der Waals surface area contributed by atoms with E-state index in [1.165, 1.54) is 18.2 Å². The first-order valence-electron chi connectivity index (χ1n) is 6.66. The Morgan fingerprint density at radius 3 is 2.43 bits per heavy atom. The van der Waals surface area contributed by atoms with E-state index < -0.39 is 34.7 Å². The molecule has 0 saturated carbocycles. The maximum atomic E-state index is 11.7. The molecule has 0 aliphatic carbocycles. The van der Waals surface area contributed by atoms with Gasteiger partial charge in [-0.15, -0.1) is 0 Å². The van der Waals surface area contributed by atoms with E-state index in [1.54, 1.807) is 20.8 Å². The van der Waals surface area contributed by atoms with Gasteiger partial charge < -0.3 is 20.3 Å². The molecule has 3 N–H and O–H groups in total. The molecule has 0 aliphatic heterocycles. The second-order valence-corrected chi connectivity index (χ2v) is 5.76. The highest BCUT2D eigenvalue weighted by atomic mass is 16.6. The maximum absolute atomic E-state index is 11.7. The smallest absolute Gasteiger partial charge is 0.408 e. The molecular weight excluding hydrogens is 308 g/mol. The molecule has 0 saturated heterocycles. The zero-order valence-corrected chi connectivity index (χ0v) is 12.8. The highest BCUT2D eigenvalue weighted by Crippen LogP contribution is 2.22. The summed E-state index contributed by atoms with van der Waals surface area (Å²) in [6.07, 6.45) is -2.70. The van der Waals surface area contributed by atoms with E-state index in [9.17, 15) is 24.8 Å². The Hall–Kier alpha value is -2.68. The maximum Gasteiger partial charge on any atom is 0.408 e. The summed E-state index contributed by atoms with van der Waals surface area (Å²) in [6.45, 7) is 4.79. The summed E-state index contributed by atoms with van der Waals surface area (Å²) >= 11 is 0. The number of carboxylic acid groups (broad SMARTS) is 1. The third-order valence-electron chi connectivity index (χ3n) is 2.68. The molecule has 1 aromatic carbocycles. The minimum Gasteiger partial charge on any atom is -0.480 e. The molecule has 2 atom stereocenters. The average molecular weight is 326 g/mol. The first-order chi connectivity index (χ1) is 10.5. The molecule has 9 nitrogen and oxygen atoms in total. The van der Waals surface area contributed by atoms with Crippen molar-refractivity contribution in [3.8, 4) is 0 Å². The number of nitro benzene ring substituents is 1. The van der Waals surface area contributed by atoms with Gasteiger partial charge in [-0.1, -0.05) is 12.1 Å². The third-order valence-corrected chi connectivity index (χ3v) is 2.68. The van der Waals surface area contributed by atoms with Crippen molar-refractivity contribution >= 4 is 17.7 Å². The molecule has 0 aromatic heterocycles. The monoisotopic (exact) mass is 326 g/mol. The van der Waals surface area contributed by atoms with Crippen LogP contribution in [-0.4, -0.2) is 38.8 Å². The predicted octanol–water partition coefficient (Wildman–Crippen LogP) is 1.61. The van der Waals surface area contributed by atoms with E-state index in [-0.39, 0.29) is 11.3 Å². The van der Waals surface area contributed by atoms with Crippen LogP contribution >= 0.6 is 0 Å². The summed E-state index contributed by atoms with van der Waals surface area (Å²) in [4.78, 5) is 33.0. The van der Waals surface area contributed by atoms with E-state index >= 15 is 0 Å². The molecule has 23 heavy (non-hydrogen) atoms. The lowest BCUT2D eigenvalue weighted by Crippen LogP contribution is -2.46. The normalized spacial score (nSPS) is 13.7. The van der Waals surface area contributed by atoms with Gasteiger partial charge in [0.25, 0.3) is 5.69 Å². The number of aliphatic hydroxyl groups is 1. The summed E-state index contributed by atoms with van der Waals surface area (Å²) in [6, 6.07) is 3.16. The lowest BCUT2D eigenvalue weighted by atomic mass is 10.0. The summed E-state index contributed by atoms with van der Waals surface area (Å²) in [5, 5.41) is 32.1. The molecule has 0 radical (unpaired) electrons. The van der Waals surface area contributed by atoms with Crippen molar-refractivity contribution in [2.45, 2.75) is 38.5 Å². The number of benzene rings is 1. The highest BCUT2D eigenvalue weighted by molar-refractivity contribution is 5.81. The quantitative estimate of drug-likeness (QED) is 0.551. The van der Waals surface area contributed by atoms with Gasteiger partial charge in [0.1, 0.15) is 11.7 Å². The molecule has 0 bridgehead atoms. The van der Waals surface area contributed by atoms with Gasteiger partial charge in [0.05, 0.1) is 4.92 Å². The minimum absolute atomic E-state index is 0.0114. The van der Waals surface area contributed by atoms with Crippen molar-refractivity contribution in [2.24, 2.45) is 0 Å². The number of rotatable bonds is 5. The van der Waals surface area contributed by atoms with E-state index in [1.807, 2.05) is 5.32 Å². The molecule has 0 fully saturated rings. The number of nitrogens with zero attached hydrogens (tertiary/aromatic N) is 1. The van der Waals surface area contributed by atoms with Crippen molar-refractivity contribution in [1.29, 1.82) is 0 Å². The molecular formula is C14H18N2O7. The molecule has 1 rings (SSSR count). The van der Waals surface area contributed by atoms with Gasteiger partial charge in [-0.3, -0.25) is 10.1 Å². The second-order valence-electron chi connectivity index (χ2n) is 5.76. The van der Waals surface area contributed by atoms with Gasteiger partial charge in [0, 0.05) is 12.1 Å². The van der Waals surface area contributed by atoms with Crippen molar-refractivity contribution in [1.82, 2.24) is 5.32 Å². The first kappa shape index (κ1) is 18.4. The third kappa shape index (κ3) is 5.55. The number of alkyl carbamates (subject to hydrolysis) is 1. The Labute approximate surface area is 132 Å². The summed E-state index contributed by atoms with van der Waals surface area (Å²) in [7, 11) is 0. The van der Waals surface area contributed by atoms with Crippen LogP contribution in [0.25, 0.3) is 0 Å². The van der Waals surface area contributed by atoms with Crippen molar-refractivity contribution in [2.75, 3.05) is 0 Å². The van der Waals surface area contributed by atoms with E-state index in [4.69, 9.17) is 9.84 Å². The van der Waals surface area contributed by atoms with E-state index in [0.29, 0.717) is 0 Å². The molecule has 0 spiro atoms. The van der Waals surface area contributed by atoms with Crippen LogP contribution in [-0.2, 0) is 9.53 Å². The SMILES string of the molecule is CC(C)(C)OC(=O)NC(C(=O)O)C(O)c1cccc([N+](=O)[O-])c1. The zero-order valence-electron chi connectivity index (χ0n) is 12.8. The van der Waals surface area contributed by atoms with Gasteiger partial charge in [-0.25, -0.2) is 9.59 Å². The zero-order chi connectivity index (χ0) is 17.8. The Balaban J connectivity index is 2.97. The second kappa shape index (κ2) is 7.05. The number of non-ortho nitro benzene ring substituents is 1. The summed E-state index contributed by atoms with van der Waals surface area (Å²) in [5.41, 5.74) is -1.16. The number of aliphatic hydroxyl groups excluding tert-OH is 1. The molecule has 0 heterocycles. The lowest BCUT2D eigenvalue weighted by molar-refractivity contribution is -0.385. The molecule has 9 heteroatoms. The standard InChI is InChI=1S/C14H18N2O7/c1-14(2,3)23-13(20)15-10(12(18)19)11(17)8-5-4-6-9(7-8)16(21)22/h4-7,10-11,17H,1-3H3,(H,15,20)(H,18,19). The number of nitro groups is 1. The number of aliphatic carboxylic acids is 1. The Bertz CT molecular complexity index is 609. The van der Waals surface area contributed by atoms with Crippen LogP contribution in [0.15, 0.2) is 24.3 Å². The number of carbonyl (C=O) groups excluding carboxylic acids is 1. The number of ether oxygens (including phenoxy) is 1. The molecule has 0 aliphatic rings. The van der Waals surface area contributed by atoms with Crippen molar-refractivity contribution in [3.63, 3.8) is 0 Å². The number of hydrogen-bond acceptors (Lipinski definition) is 6. The minimum atomic E-state index is -1.72. The number of amides is 1. The van der Waals surface area contributed by atoms with Gasteiger partial charge in [-0.2, -0.15) is 0 Å². The Morgan fingerprint density at radius 2 is 1.96 bits per heavy atom. The van der Waals surface area contributed by atoms with Crippen LogP contribution in [0.4, 0.5) is 10.5 Å². The van der Waals surface area contributed by atoms with Gasteiger partial charge in [-0.05, 0) is 26.3 Å². The largest absolute Gasteiger partial charge is 0.480 e.